The molecule has 1 atom stereocenters. The summed E-state index contributed by atoms with van der Waals surface area (Å²) in [5.74, 6) is 0.0272. The zero-order chi connectivity index (χ0) is 21.5. The Morgan fingerprint density at radius 3 is 2.35 bits per heavy atom. The van der Waals surface area contributed by atoms with Crippen molar-refractivity contribution in [2.24, 2.45) is 0 Å². The number of rotatable bonds is 7. The van der Waals surface area contributed by atoms with Crippen LogP contribution < -0.4 is 10.6 Å². The summed E-state index contributed by atoms with van der Waals surface area (Å²) in [4.78, 5) is 31.2. The van der Waals surface area contributed by atoms with Crippen LogP contribution >= 0.6 is 11.3 Å². The number of anilines is 1. The SMILES string of the molecule is O=C(Nc1nccs1)C1CCCN1C(=O)NCCC(c1ccccc1)c1ccccc1. The van der Waals surface area contributed by atoms with Crippen LogP contribution in [0, 0.1) is 0 Å². The monoisotopic (exact) mass is 434 g/mol. The van der Waals surface area contributed by atoms with Crippen LogP contribution in [-0.4, -0.2) is 41.0 Å². The Balaban J connectivity index is 1.36. The van der Waals surface area contributed by atoms with Crippen LogP contribution in [0.3, 0.4) is 0 Å². The molecule has 2 N–H and O–H groups in total. The average molecular weight is 435 g/mol. The van der Waals surface area contributed by atoms with E-state index in [0.717, 1.165) is 12.8 Å². The van der Waals surface area contributed by atoms with Crippen molar-refractivity contribution in [3.05, 3.63) is 83.4 Å². The van der Waals surface area contributed by atoms with E-state index in [1.165, 1.54) is 22.5 Å². The first-order chi connectivity index (χ1) is 15.2. The minimum absolute atomic E-state index is 0.172. The molecule has 0 radical (unpaired) electrons. The predicted octanol–water partition coefficient (Wildman–Crippen LogP) is 4.48. The molecule has 0 aliphatic carbocycles. The Morgan fingerprint density at radius 1 is 1.06 bits per heavy atom. The third-order valence-corrected chi connectivity index (χ3v) is 6.28. The summed E-state index contributed by atoms with van der Waals surface area (Å²) in [6, 6.07) is 20.0. The van der Waals surface area contributed by atoms with Gasteiger partial charge in [0.15, 0.2) is 5.13 Å². The van der Waals surface area contributed by atoms with Gasteiger partial charge in [-0.25, -0.2) is 9.78 Å². The Labute approximate surface area is 186 Å². The van der Waals surface area contributed by atoms with E-state index < -0.39 is 6.04 Å². The highest BCUT2D eigenvalue weighted by molar-refractivity contribution is 7.13. The summed E-state index contributed by atoms with van der Waals surface area (Å²) in [6.45, 7) is 1.12. The quantitative estimate of drug-likeness (QED) is 0.576. The van der Waals surface area contributed by atoms with Crippen LogP contribution in [0.25, 0.3) is 0 Å². The van der Waals surface area contributed by atoms with Gasteiger partial charge in [0, 0.05) is 30.6 Å². The summed E-state index contributed by atoms with van der Waals surface area (Å²) in [7, 11) is 0. The zero-order valence-corrected chi connectivity index (χ0v) is 18.1. The number of nitrogens with one attached hydrogen (secondary N) is 2. The number of nitrogens with zero attached hydrogens (tertiary/aromatic N) is 2. The van der Waals surface area contributed by atoms with Crippen molar-refractivity contribution < 1.29 is 9.59 Å². The van der Waals surface area contributed by atoms with Crippen LogP contribution in [0.15, 0.2) is 72.2 Å². The molecule has 0 bridgehead atoms. The average Bonchev–Trinajstić information content (AvgIpc) is 3.50. The van der Waals surface area contributed by atoms with Gasteiger partial charge in [-0.15, -0.1) is 11.3 Å². The van der Waals surface area contributed by atoms with E-state index >= 15 is 0 Å². The van der Waals surface area contributed by atoms with Gasteiger partial charge >= 0.3 is 6.03 Å². The van der Waals surface area contributed by atoms with Crippen molar-refractivity contribution >= 4 is 28.4 Å². The van der Waals surface area contributed by atoms with Gasteiger partial charge in [0.05, 0.1) is 0 Å². The number of carbonyl (C=O) groups is 2. The molecule has 1 aliphatic rings. The molecule has 3 aromatic rings. The first-order valence-corrected chi connectivity index (χ1v) is 11.4. The molecular weight excluding hydrogens is 408 g/mol. The number of likely N-dealkylation sites (tertiary alicyclic amines) is 1. The van der Waals surface area contributed by atoms with Gasteiger partial charge in [-0.2, -0.15) is 0 Å². The molecule has 1 aliphatic heterocycles. The minimum Gasteiger partial charge on any atom is -0.338 e. The highest BCUT2D eigenvalue weighted by Gasteiger charge is 2.34. The van der Waals surface area contributed by atoms with E-state index in [4.69, 9.17) is 0 Å². The van der Waals surface area contributed by atoms with Crippen molar-refractivity contribution in [2.45, 2.75) is 31.2 Å². The van der Waals surface area contributed by atoms with Crippen LogP contribution in [0.5, 0.6) is 0 Å². The third kappa shape index (κ3) is 5.30. The van der Waals surface area contributed by atoms with Crippen LogP contribution in [0.1, 0.15) is 36.3 Å². The topological polar surface area (TPSA) is 74.3 Å². The van der Waals surface area contributed by atoms with Gasteiger partial charge in [-0.05, 0) is 30.4 Å². The number of thiazole rings is 1. The lowest BCUT2D eigenvalue weighted by Crippen LogP contribution is -2.48. The summed E-state index contributed by atoms with van der Waals surface area (Å²) < 4.78 is 0. The molecule has 7 heteroatoms. The number of amides is 3. The van der Waals surface area contributed by atoms with Gasteiger partial charge in [0.2, 0.25) is 5.91 Å². The first-order valence-electron chi connectivity index (χ1n) is 10.6. The summed E-state index contributed by atoms with van der Waals surface area (Å²) >= 11 is 1.37. The number of hydrogen-bond donors (Lipinski definition) is 2. The van der Waals surface area contributed by atoms with Gasteiger partial charge in [-0.1, -0.05) is 60.7 Å². The van der Waals surface area contributed by atoms with Crippen LogP contribution in [0.4, 0.5) is 9.93 Å². The molecular formula is C24H26N4O2S. The maximum absolute atomic E-state index is 12.8. The molecule has 2 heterocycles. The fraction of sp³-hybridized carbons (Fsp3) is 0.292. The van der Waals surface area contributed by atoms with Crippen LogP contribution in [-0.2, 0) is 4.79 Å². The van der Waals surface area contributed by atoms with Gasteiger partial charge in [-0.3, -0.25) is 4.79 Å². The molecule has 31 heavy (non-hydrogen) atoms. The zero-order valence-electron chi connectivity index (χ0n) is 17.2. The molecule has 3 amide bonds. The van der Waals surface area contributed by atoms with Gasteiger partial charge < -0.3 is 15.5 Å². The van der Waals surface area contributed by atoms with Crippen molar-refractivity contribution in [2.75, 3.05) is 18.4 Å². The Kier molecular flexibility index (Phi) is 6.94. The Bertz CT molecular complexity index is 940. The lowest BCUT2D eigenvalue weighted by molar-refractivity contribution is -0.119. The molecule has 1 aromatic heterocycles. The molecule has 6 nitrogen and oxygen atoms in total. The second-order valence-electron chi connectivity index (χ2n) is 7.57. The first kappa shape index (κ1) is 21.1. The van der Waals surface area contributed by atoms with Crippen molar-refractivity contribution in [3.63, 3.8) is 0 Å². The fourth-order valence-electron chi connectivity index (χ4n) is 4.08. The summed E-state index contributed by atoms with van der Waals surface area (Å²) in [6.07, 6.45) is 3.92. The highest BCUT2D eigenvalue weighted by atomic mass is 32.1. The lowest BCUT2D eigenvalue weighted by atomic mass is 9.88. The minimum atomic E-state index is -0.456. The summed E-state index contributed by atoms with van der Waals surface area (Å²) in [5.41, 5.74) is 2.45. The number of benzene rings is 2. The van der Waals surface area contributed by atoms with E-state index in [1.807, 2.05) is 41.8 Å². The van der Waals surface area contributed by atoms with Crippen molar-refractivity contribution in [1.82, 2.24) is 15.2 Å². The molecule has 1 unspecified atom stereocenters. The molecule has 0 saturated carbocycles. The smallest absolute Gasteiger partial charge is 0.318 e. The third-order valence-electron chi connectivity index (χ3n) is 5.59. The number of hydrogen-bond acceptors (Lipinski definition) is 4. The largest absolute Gasteiger partial charge is 0.338 e. The van der Waals surface area contributed by atoms with Crippen molar-refractivity contribution in [3.8, 4) is 0 Å². The maximum atomic E-state index is 12.8. The molecule has 160 valence electrons. The molecule has 4 rings (SSSR count). The highest BCUT2D eigenvalue weighted by Crippen LogP contribution is 2.27. The normalized spacial score (nSPS) is 15.8. The second kappa shape index (κ2) is 10.2. The van der Waals surface area contributed by atoms with Gasteiger partial charge in [0.1, 0.15) is 6.04 Å². The maximum Gasteiger partial charge on any atom is 0.318 e. The van der Waals surface area contributed by atoms with Gasteiger partial charge in [0.25, 0.3) is 0 Å². The van der Waals surface area contributed by atoms with E-state index in [9.17, 15) is 9.59 Å². The fourth-order valence-corrected chi connectivity index (χ4v) is 4.61. The lowest BCUT2D eigenvalue weighted by Gasteiger charge is -2.25. The predicted molar refractivity (Wildman–Crippen MR) is 123 cm³/mol. The Hall–Kier alpha value is -3.19. The van der Waals surface area contributed by atoms with Crippen LogP contribution in [0.2, 0.25) is 0 Å². The molecule has 2 aromatic carbocycles. The Morgan fingerprint density at radius 2 is 1.74 bits per heavy atom. The van der Waals surface area contributed by atoms with E-state index in [-0.39, 0.29) is 17.9 Å². The molecule has 0 spiro atoms. The number of aromatic nitrogens is 1. The van der Waals surface area contributed by atoms with E-state index in [1.54, 1.807) is 11.1 Å². The number of urea groups is 1. The molecule has 1 fully saturated rings. The standard InChI is InChI=1S/C24H26N4O2S/c29-22(27-23-25-15-17-31-23)21-12-7-16-28(21)24(30)26-14-13-20(18-8-3-1-4-9-18)19-10-5-2-6-11-19/h1-6,8-11,15,17,20-21H,7,12-14,16H2,(H,26,30)(H,25,27,29). The summed E-state index contributed by atoms with van der Waals surface area (Å²) in [5, 5.41) is 8.22. The second-order valence-corrected chi connectivity index (χ2v) is 8.47. The van der Waals surface area contributed by atoms with Crippen molar-refractivity contribution in [1.29, 1.82) is 0 Å². The molecule has 1 saturated heterocycles. The number of carbonyl (C=O) groups excluding carboxylic acids is 2. The van der Waals surface area contributed by atoms with E-state index in [2.05, 4.69) is 39.9 Å². The van der Waals surface area contributed by atoms with E-state index in [0.29, 0.717) is 24.6 Å².